The highest BCUT2D eigenvalue weighted by Gasteiger charge is 2.32. The zero-order valence-electron chi connectivity index (χ0n) is 14.8. The molecule has 0 unspecified atom stereocenters. The molecule has 0 aromatic heterocycles. The Balaban J connectivity index is 1.50. The first-order chi connectivity index (χ1) is 12.2. The average molecular weight is 345 g/mol. The summed E-state index contributed by atoms with van der Waals surface area (Å²) >= 11 is 0. The molecule has 0 spiro atoms. The fourth-order valence-electron chi connectivity index (χ4n) is 3.76. The topological polar surface area (TPSA) is 61.9 Å². The zero-order valence-corrected chi connectivity index (χ0v) is 14.8. The summed E-state index contributed by atoms with van der Waals surface area (Å²) in [6.45, 7) is 3.06. The van der Waals surface area contributed by atoms with E-state index in [1.54, 1.807) is 4.90 Å². The number of benzene rings is 1. The van der Waals surface area contributed by atoms with E-state index in [2.05, 4.69) is 22.3 Å². The van der Waals surface area contributed by atoms with Crippen molar-refractivity contribution in [3.8, 4) is 0 Å². The number of hydrogen-bond acceptors (Lipinski definition) is 4. The van der Waals surface area contributed by atoms with Gasteiger partial charge >= 0.3 is 6.09 Å². The maximum Gasteiger partial charge on any atom is 0.409 e. The van der Waals surface area contributed by atoms with Crippen molar-refractivity contribution >= 4 is 12.0 Å². The van der Waals surface area contributed by atoms with E-state index in [9.17, 15) is 9.59 Å². The Morgan fingerprint density at radius 1 is 1.12 bits per heavy atom. The summed E-state index contributed by atoms with van der Waals surface area (Å²) in [4.78, 5) is 28.2. The minimum absolute atomic E-state index is 0.0427. The van der Waals surface area contributed by atoms with Gasteiger partial charge in [-0.15, -0.1) is 0 Å². The molecule has 1 N–H and O–H groups in total. The fourth-order valence-corrected chi connectivity index (χ4v) is 3.76. The Morgan fingerprint density at radius 2 is 1.84 bits per heavy atom. The van der Waals surface area contributed by atoms with Crippen molar-refractivity contribution in [1.29, 1.82) is 0 Å². The van der Waals surface area contributed by atoms with Crippen LogP contribution >= 0.6 is 0 Å². The molecule has 0 bridgehead atoms. The largest absolute Gasteiger partial charge is 0.453 e. The van der Waals surface area contributed by atoms with Crippen molar-refractivity contribution < 1.29 is 14.3 Å². The average Bonchev–Trinajstić information content (AvgIpc) is 3.11. The van der Waals surface area contributed by atoms with Crippen LogP contribution in [0.3, 0.4) is 0 Å². The van der Waals surface area contributed by atoms with Gasteiger partial charge < -0.3 is 15.0 Å². The number of carbonyl (C=O) groups is 2. The van der Waals surface area contributed by atoms with Gasteiger partial charge in [-0.25, -0.2) is 4.79 Å². The number of methoxy groups -OCH3 is 1. The highest BCUT2D eigenvalue weighted by molar-refractivity contribution is 5.82. The first kappa shape index (κ1) is 17.7. The lowest BCUT2D eigenvalue weighted by Crippen LogP contribution is -2.51. The number of rotatable bonds is 4. The van der Waals surface area contributed by atoms with Gasteiger partial charge in [0.25, 0.3) is 0 Å². The van der Waals surface area contributed by atoms with E-state index in [0.717, 1.165) is 38.8 Å². The number of nitrogens with one attached hydrogen (secondary N) is 1. The second kappa shape index (κ2) is 8.34. The molecule has 2 aliphatic heterocycles. The van der Waals surface area contributed by atoms with Gasteiger partial charge in [-0.3, -0.25) is 9.69 Å². The van der Waals surface area contributed by atoms with Crippen molar-refractivity contribution in [3.05, 3.63) is 35.9 Å². The highest BCUT2D eigenvalue weighted by Crippen LogP contribution is 2.21. The number of nitrogens with zero attached hydrogens (tertiary/aromatic N) is 2. The number of amides is 2. The Bertz CT molecular complexity index is 585. The van der Waals surface area contributed by atoms with Crippen LogP contribution in [0.4, 0.5) is 4.79 Å². The predicted molar refractivity (Wildman–Crippen MR) is 95.0 cm³/mol. The molecule has 2 amide bonds. The smallest absolute Gasteiger partial charge is 0.409 e. The SMILES string of the molecule is COC(=O)N1CCC(NC(=O)[C@@H]2CCCN2Cc2ccccc2)CC1. The van der Waals surface area contributed by atoms with E-state index in [1.165, 1.54) is 12.7 Å². The van der Waals surface area contributed by atoms with Crippen molar-refractivity contribution in [2.45, 2.75) is 44.3 Å². The van der Waals surface area contributed by atoms with Crippen LogP contribution in [0, 0.1) is 0 Å². The summed E-state index contributed by atoms with van der Waals surface area (Å²) in [6.07, 6.45) is 3.26. The van der Waals surface area contributed by atoms with Crippen LogP contribution in [0.1, 0.15) is 31.2 Å². The Labute approximate surface area is 149 Å². The van der Waals surface area contributed by atoms with Gasteiger partial charge in [-0.1, -0.05) is 30.3 Å². The van der Waals surface area contributed by atoms with Gasteiger partial charge in [0, 0.05) is 25.7 Å². The molecule has 2 heterocycles. The molecule has 2 aliphatic rings. The van der Waals surface area contributed by atoms with Crippen LogP contribution in [0.5, 0.6) is 0 Å². The van der Waals surface area contributed by atoms with Gasteiger partial charge in [0.15, 0.2) is 0 Å². The summed E-state index contributed by atoms with van der Waals surface area (Å²) in [5, 5.41) is 3.19. The first-order valence-corrected chi connectivity index (χ1v) is 9.08. The first-order valence-electron chi connectivity index (χ1n) is 9.08. The van der Waals surface area contributed by atoms with Gasteiger partial charge in [-0.05, 0) is 37.8 Å². The molecule has 1 aromatic rings. The molecular weight excluding hydrogens is 318 g/mol. The van der Waals surface area contributed by atoms with E-state index < -0.39 is 0 Å². The summed E-state index contributed by atoms with van der Waals surface area (Å²) in [5.41, 5.74) is 1.24. The number of carbonyl (C=O) groups excluding carboxylic acids is 2. The molecular formula is C19H27N3O3. The Kier molecular flexibility index (Phi) is 5.91. The zero-order chi connectivity index (χ0) is 17.6. The van der Waals surface area contributed by atoms with Crippen LogP contribution in [0.15, 0.2) is 30.3 Å². The van der Waals surface area contributed by atoms with Crippen molar-refractivity contribution in [1.82, 2.24) is 15.1 Å². The lowest BCUT2D eigenvalue weighted by molar-refractivity contribution is -0.126. The highest BCUT2D eigenvalue weighted by atomic mass is 16.5. The number of likely N-dealkylation sites (tertiary alicyclic amines) is 2. The van der Waals surface area contributed by atoms with E-state index in [1.807, 2.05) is 18.2 Å². The van der Waals surface area contributed by atoms with Crippen LogP contribution in [-0.4, -0.2) is 60.6 Å². The summed E-state index contributed by atoms with van der Waals surface area (Å²) < 4.78 is 4.75. The molecule has 0 saturated carbocycles. The molecule has 6 heteroatoms. The van der Waals surface area contributed by atoms with Gasteiger partial charge in [-0.2, -0.15) is 0 Å². The lowest BCUT2D eigenvalue weighted by Gasteiger charge is -2.32. The molecule has 2 fully saturated rings. The molecule has 0 aliphatic carbocycles. The normalized spacial score (nSPS) is 22.0. The molecule has 0 radical (unpaired) electrons. The van der Waals surface area contributed by atoms with E-state index >= 15 is 0 Å². The molecule has 6 nitrogen and oxygen atoms in total. The number of ether oxygens (including phenoxy) is 1. The molecule has 3 rings (SSSR count). The van der Waals surface area contributed by atoms with Crippen LogP contribution in [0.2, 0.25) is 0 Å². The van der Waals surface area contributed by atoms with Gasteiger partial charge in [0.05, 0.1) is 13.2 Å². The summed E-state index contributed by atoms with van der Waals surface area (Å²) in [6, 6.07) is 10.4. The summed E-state index contributed by atoms with van der Waals surface area (Å²) in [7, 11) is 1.40. The predicted octanol–water partition coefficient (Wildman–Crippen LogP) is 2.00. The molecule has 25 heavy (non-hydrogen) atoms. The molecule has 2 saturated heterocycles. The second-order valence-corrected chi connectivity index (χ2v) is 6.85. The van der Waals surface area contributed by atoms with Crippen molar-refractivity contribution in [2.75, 3.05) is 26.7 Å². The van der Waals surface area contributed by atoms with Crippen LogP contribution in [-0.2, 0) is 16.1 Å². The minimum atomic E-state index is -0.283. The van der Waals surface area contributed by atoms with Crippen LogP contribution < -0.4 is 5.32 Å². The molecule has 1 aromatic carbocycles. The Hall–Kier alpha value is -2.08. The van der Waals surface area contributed by atoms with Crippen molar-refractivity contribution in [2.24, 2.45) is 0 Å². The standard InChI is InChI=1S/C19H27N3O3/c1-25-19(24)21-12-9-16(10-13-21)20-18(23)17-8-5-11-22(17)14-15-6-3-2-4-7-15/h2-4,6-7,16-17H,5,8-14H2,1H3,(H,20,23)/t17-/m0/s1. The van der Waals surface area contributed by atoms with Crippen molar-refractivity contribution in [3.63, 3.8) is 0 Å². The van der Waals surface area contributed by atoms with E-state index in [4.69, 9.17) is 4.74 Å². The number of hydrogen-bond donors (Lipinski definition) is 1. The maximum absolute atomic E-state index is 12.7. The van der Waals surface area contributed by atoms with Gasteiger partial charge in [0.1, 0.15) is 0 Å². The third kappa shape index (κ3) is 4.51. The lowest BCUT2D eigenvalue weighted by atomic mass is 10.0. The maximum atomic E-state index is 12.7. The second-order valence-electron chi connectivity index (χ2n) is 6.85. The monoisotopic (exact) mass is 345 g/mol. The molecule has 136 valence electrons. The Morgan fingerprint density at radius 3 is 2.52 bits per heavy atom. The summed E-state index contributed by atoms with van der Waals surface area (Å²) in [5.74, 6) is 0.130. The van der Waals surface area contributed by atoms with Crippen LogP contribution in [0.25, 0.3) is 0 Å². The number of piperidine rings is 1. The van der Waals surface area contributed by atoms with E-state index in [-0.39, 0.29) is 24.1 Å². The fraction of sp³-hybridized carbons (Fsp3) is 0.579. The minimum Gasteiger partial charge on any atom is -0.453 e. The van der Waals surface area contributed by atoms with Gasteiger partial charge in [0.2, 0.25) is 5.91 Å². The van der Waals surface area contributed by atoms with E-state index in [0.29, 0.717) is 13.1 Å². The third-order valence-corrected chi connectivity index (χ3v) is 5.17. The third-order valence-electron chi connectivity index (χ3n) is 5.17. The molecule has 1 atom stereocenters. The quantitative estimate of drug-likeness (QED) is 0.907.